The van der Waals surface area contributed by atoms with Crippen LogP contribution in [0.3, 0.4) is 0 Å². The Labute approximate surface area is 46.2 Å². The number of nitrogens with two attached hydrogens (primary N) is 1. The van der Waals surface area contributed by atoms with Crippen LogP contribution in [0.1, 0.15) is 0 Å². The van der Waals surface area contributed by atoms with Gasteiger partial charge in [-0.25, -0.2) is 15.2 Å². The van der Waals surface area contributed by atoms with Crippen LogP contribution >= 0.6 is 0 Å². The van der Waals surface area contributed by atoms with E-state index in [4.69, 9.17) is 5.21 Å². The van der Waals surface area contributed by atoms with Crippen LogP contribution < -0.4 is 5.48 Å². The molecule has 1 aromatic heterocycles. The molecule has 1 heterocycles. The van der Waals surface area contributed by atoms with Crippen molar-refractivity contribution in [3.63, 3.8) is 0 Å². The van der Waals surface area contributed by atoms with E-state index < -0.39 is 0 Å². The molecule has 0 aromatic carbocycles. The van der Waals surface area contributed by atoms with Gasteiger partial charge >= 0.3 is 0 Å². The molecule has 42 valence electrons. The van der Waals surface area contributed by atoms with Crippen LogP contribution in [0.2, 0.25) is 0 Å². The summed E-state index contributed by atoms with van der Waals surface area (Å²) in [5.74, 6) is 0. The van der Waals surface area contributed by atoms with Gasteiger partial charge in [0.15, 0.2) is 5.69 Å². The predicted octanol–water partition coefficient (Wildman–Crippen LogP) is -0.939. The Morgan fingerprint density at radius 1 is 1.38 bits per heavy atom. The molecular formula is C4H6N3O+. The van der Waals surface area contributed by atoms with Crippen molar-refractivity contribution in [1.29, 1.82) is 0 Å². The highest BCUT2D eigenvalue weighted by molar-refractivity contribution is 5.16. The first-order valence-electron chi connectivity index (χ1n) is 2.16. The molecule has 0 aliphatic rings. The normalized spacial score (nSPS) is 9.12. The van der Waals surface area contributed by atoms with Crippen LogP contribution in [0.4, 0.5) is 5.69 Å². The van der Waals surface area contributed by atoms with E-state index >= 15 is 0 Å². The molecule has 0 spiro atoms. The number of rotatable bonds is 1. The average molecular weight is 112 g/mol. The minimum Gasteiger partial charge on any atom is -0.238 e. The van der Waals surface area contributed by atoms with Crippen molar-refractivity contribution in [3.05, 3.63) is 18.7 Å². The Kier molecular flexibility index (Phi) is 1.51. The summed E-state index contributed by atoms with van der Waals surface area (Å²) in [6, 6.07) is 0. The molecule has 4 nitrogen and oxygen atoms in total. The highest BCUT2D eigenvalue weighted by atomic mass is 16.5. The van der Waals surface area contributed by atoms with E-state index in [-0.39, 0.29) is 0 Å². The lowest BCUT2D eigenvalue weighted by molar-refractivity contribution is -0.826. The molecule has 0 aliphatic heterocycles. The summed E-state index contributed by atoms with van der Waals surface area (Å²) in [5.41, 5.74) is 1.58. The minimum atomic E-state index is 0.618. The van der Waals surface area contributed by atoms with Gasteiger partial charge in [0.05, 0.1) is 12.4 Å². The molecule has 4 heteroatoms. The number of aromatic nitrogens is 2. The third-order valence-electron chi connectivity index (χ3n) is 0.730. The Bertz CT molecular complexity index is 153. The fourth-order valence-corrected chi connectivity index (χ4v) is 0.377. The number of quaternary nitrogens is 1. The smallest absolute Gasteiger partial charge is 0.198 e. The molecule has 0 unspecified atom stereocenters. The largest absolute Gasteiger partial charge is 0.238 e. The zero-order valence-corrected chi connectivity index (χ0v) is 4.15. The Morgan fingerprint density at radius 3 is 2.38 bits per heavy atom. The number of hydrogen-bond donors (Lipinski definition) is 2. The number of nitrogens with zero attached hydrogens (tertiary/aromatic N) is 2. The van der Waals surface area contributed by atoms with Crippen LogP contribution in [0.5, 0.6) is 0 Å². The van der Waals surface area contributed by atoms with Gasteiger partial charge in [0.2, 0.25) is 0 Å². The molecule has 0 atom stereocenters. The monoisotopic (exact) mass is 112 g/mol. The van der Waals surface area contributed by atoms with Crippen molar-refractivity contribution in [1.82, 2.24) is 9.97 Å². The maximum Gasteiger partial charge on any atom is 0.198 e. The van der Waals surface area contributed by atoms with Gasteiger partial charge < -0.3 is 0 Å². The molecule has 0 aliphatic carbocycles. The first kappa shape index (κ1) is 5.14. The van der Waals surface area contributed by atoms with E-state index in [1.807, 2.05) is 0 Å². The van der Waals surface area contributed by atoms with Crippen LogP contribution in [-0.2, 0) is 0 Å². The second-order valence-electron chi connectivity index (χ2n) is 1.30. The zero-order chi connectivity index (χ0) is 5.82. The van der Waals surface area contributed by atoms with Gasteiger partial charge in [-0.05, 0) is 0 Å². The lowest BCUT2D eigenvalue weighted by Gasteiger charge is -1.84. The van der Waals surface area contributed by atoms with Gasteiger partial charge in [0, 0.05) is 0 Å². The summed E-state index contributed by atoms with van der Waals surface area (Å²) in [7, 11) is 0. The fraction of sp³-hybridized carbons (Fsp3) is 0. The number of hydrogen-bond acceptors (Lipinski definition) is 3. The molecule has 0 radical (unpaired) electrons. The maximum absolute atomic E-state index is 8.33. The van der Waals surface area contributed by atoms with Crippen molar-refractivity contribution in [3.8, 4) is 0 Å². The average Bonchev–Trinajstić information content (AvgIpc) is 1.90. The van der Waals surface area contributed by atoms with Gasteiger partial charge in [-0.15, -0.1) is 0 Å². The summed E-state index contributed by atoms with van der Waals surface area (Å²) in [5, 5.41) is 8.33. The third kappa shape index (κ3) is 0.988. The van der Waals surface area contributed by atoms with Crippen LogP contribution in [0, 0.1) is 0 Å². The van der Waals surface area contributed by atoms with Crippen LogP contribution in [-0.4, -0.2) is 15.2 Å². The molecule has 0 bridgehead atoms. The summed E-state index contributed by atoms with van der Waals surface area (Å²) in [6.07, 6.45) is 4.45. The van der Waals surface area contributed by atoms with E-state index in [1.165, 1.54) is 18.7 Å². The van der Waals surface area contributed by atoms with Crippen molar-refractivity contribution in [2.75, 3.05) is 0 Å². The maximum atomic E-state index is 8.33. The second-order valence-corrected chi connectivity index (χ2v) is 1.30. The lowest BCUT2D eigenvalue weighted by Crippen LogP contribution is -2.73. The SMILES string of the molecule is O[NH2+]c1cncnc1. The molecule has 0 amide bonds. The van der Waals surface area contributed by atoms with E-state index in [0.717, 1.165) is 5.48 Å². The van der Waals surface area contributed by atoms with Gasteiger partial charge in [0.25, 0.3) is 0 Å². The van der Waals surface area contributed by atoms with Gasteiger partial charge in [0.1, 0.15) is 6.33 Å². The Hall–Kier alpha value is -1.00. The fourth-order valence-electron chi connectivity index (χ4n) is 0.377. The summed E-state index contributed by atoms with van der Waals surface area (Å²) >= 11 is 0. The summed E-state index contributed by atoms with van der Waals surface area (Å²) < 4.78 is 0. The van der Waals surface area contributed by atoms with Gasteiger partial charge in [-0.2, -0.15) is 5.48 Å². The van der Waals surface area contributed by atoms with Crippen LogP contribution in [0.25, 0.3) is 0 Å². The predicted molar refractivity (Wildman–Crippen MR) is 25.4 cm³/mol. The highest BCUT2D eigenvalue weighted by Crippen LogP contribution is 1.86. The van der Waals surface area contributed by atoms with E-state index in [9.17, 15) is 0 Å². The molecular weight excluding hydrogens is 106 g/mol. The lowest BCUT2D eigenvalue weighted by atomic mass is 10.6. The Morgan fingerprint density at radius 2 is 2.00 bits per heavy atom. The molecule has 1 rings (SSSR count). The second kappa shape index (κ2) is 2.34. The third-order valence-corrected chi connectivity index (χ3v) is 0.730. The molecule has 3 N–H and O–H groups in total. The topological polar surface area (TPSA) is 62.6 Å². The molecule has 0 saturated heterocycles. The van der Waals surface area contributed by atoms with E-state index in [1.54, 1.807) is 0 Å². The quantitative estimate of drug-likeness (QED) is 0.461. The van der Waals surface area contributed by atoms with E-state index in [2.05, 4.69) is 9.97 Å². The Balaban J connectivity index is 2.83. The summed E-state index contributed by atoms with van der Waals surface area (Å²) in [4.78, 5) is 7.31. The zero-order valence-electron chi connectivity index (χ0n) is 4.15. The van der Waals surface area contributed by atoms with Gasteiger partial charge in [-0.1, -0.05) is 0 Å². The molecule has 0 fully saturated rings. The minimum absolute atomic E-state index is 0.618. The molecule has 0 saturated carbocycles. The highest BCUT2D eigenvalue weighted by Gasteiger charge is 1.88. The van der Waals surface area contributed by atoms with Gasteiger partial charge in [-0.3, -0.25) is 0 Å². The molecule has 1 aromatic rings. The van der Waals surface area contributed by atoms with Crippen molar-refractivity contribution < 1.29 is 10.7 Å². The van der Waals surface area contributed by atoms with E-state index in [0.29, 0.717) is 5.69 Å². The van der Waals surface area contributed by atoms with Crippen molar-refractivity contribution >= 4 is 5.69 Å². The first-order valence-corrected chi connectivity index (χ1v) is 2.16. The standard InChI is InChI=1S/C4H5N3O/c8-7-4-1-5-3-6-2-4/h1-3,7-8H/p+1. The van der Waals surface area contributed by atoms with Crippen molar-refractivity contribution in [2.24, 2.45) is 0 Å². The first-order chi connectivity index (χ1) is 3.93. The van der Waals surface area contributed by atoms with Crippen LogP contribution in [0.15, 0.2) is 18.7 Å². The molecule has 8 heavy (non-hydrogen) atoms. The summed E-state index contributed by atoms with van der Waals surface area (Å²) in [6.45, 7) is 0. The van der Waals surface area contributed by atoms with Crippen molar-refractivity contribution in [2.45, 2.75) is 0 Å².